The van der Waals surface area contributed by atoms with Crippen molar-refractivity contribution in [3.63, 3.8) is 0 Å². The Morgan fingerprint density at radius 1 is 0.950 bits per heavy atom. The van der Waals surface area contributed by atoms with E-state index in [1.165, 1.54) is 12.1 Å². The fourth-order valence-corrected chi connectivity index (χ4v) is 2.05. The summed E-state index contributed by atoms with van der Waals surface area (Å²) < 4.78 is 62.9. The van der Waals surface area contributed by atoms with Crippen molar-refractivity contribution in [1.29, 1.82) is 0 Å². The van der Waals surface area contributed by atoms with Gasteiger partial charge in [-0.25, -0.2) is 5.32 Å². The lowest BCUT2D eigenvalue weighted by Gasteiger charge is -2.26. The van der Waals surface area contributed by atoms with Crippen molar-refractivity contribution in [2.24, 2.45) is 0 Å². The molecule has 0 aromatic heterocycles. The zero-order valence-electron chi connectivity index (χ0n) is 10.6. The van der Waals surface area contributed by atoms with Gasteiger partial charge in [0.2, 0.25) is 0 Å². The first-order valence-electron chi connectivity index (χ1n) is 6.20. The van der Waals surface area contributed by atoms with Crippen molar-refractivity contribution in [2.75, 3.05) is 26.2 Å². The number of halogens is 5. The van der Waals surface area contributed by atoms with Crippen molar-refractivity contribution in [3.05, 3.63) is 35.4 Å². The van der Waals surface area contributed by atoms with Crippen LogP contribution in [0.3, 0.4) is 0 Å². The molecule has 111 valence electrons. The first kappa shape index (κ1) is 15.2. The second-order valence-electron chi connectivity index (χ2n) is 4.72. The molecule has 0 aliphatic carbocycles. The summed E-state index contributed by atoms with van der Waals surface area (Å²) in [5, 5.41) is 4.18. The fraction of sp³-hybridized carbons (Fsp3) is 0.538. The van der Waals surface area contributed by atoms with Gasteiger partial charge in [0, 0.05) is 38.3 Å². The van der Waals surface area contributed by atoms with Crippen LogP contribution >= 0.6 is 0 Å². The number of rotatable bonds is 3. The molecular weight excluding hydrogens is 279 g/mol. The zero-order valence-corrected chi connectivity index (χ0v) is 10.6. The van der Waals surface area contributed by atoms with E-state index in [0.29, 0.717) is 12.1 Å². The van der Waals surface area contributed by atoms with Crippen LogP contribution < -0.4 is 5.32 Å². The Kier molecular flexibility index (Phi) is 4.29. The first-order valence-corrected chi connectivity index (χ1v) is 6.20. The predicted octanol–water partition coefficient (Wildman–Crippen LogP) is 2.76. The van der Waals surface area contributed by atoms with Gasteiger partial charge in [-0.05, 0) is 5.56 Å². The Hall–Kier alpha value is -1.21. The van der Waals surface area contributed by atoms with Gasteiger partial charge in [-0.15, -0.1) is 0 Å². The van der Waals surface area contributed by atoms with E-state index < -0.39 is 17.7 Å². The second-order valence-corrected chi connectivity index (χ2v) is 4.72. The molecular formula is C13H14F5N2. The summed E-state index contributed by atoms with van der Waals surface area (Å²) in [6, 6.07) is 4.33. The minimum absolute atomic E-state index is 0.535. The minimum Gasteiger partial charge on any atom is -0.296 e. The molecule has 20 heavy (non-hydrogen) atoms. The molecule has 0 saturated carbocycles. The van der Waals surface area contributed by atoms with Gasteiger partial charge >= 0.3 is 12.1 Å². The molecule has 0 unspecified atom stereocenters. The highest BCUT2D eigenvalue weighted by molar-refractivity contribution is 5.27. The van der Waals surface area contributed by atoms with Gasteiger partial charge in [0.25, 0.3) is 0 Å². The van der Waals surface area contributed by atoms with Crippen LogP contribution in [0.25, 0.3) is 0 Å². The number of hydrogen-bond donors (Lipinski definition) is 0. The fourth-order valence-electron chi connectivity index (χ4n) is 2.05. The van der Waals surface area contributed by atoms with Gasteiger partial charge in [0.05, 0.1) is 0 Å². The van der Waals surface area contributed by atoms with E-state index in [1.807, 2.05) is 0 Å². The maximum absolute atomic E-state index is 13.1. The van der Waals surface area contributed by atoms with Crippen LogP contribution in [-0.2, 0) is 12.5 Å². The molecule has 1 heterocycles. The monoisotopic (exact) mass is 293 g/mol. The summed E-state index contributed by atoms with van der Waals surface area (Å²) in [4.78, 5) is 2.09. The molecule has 1 aromatic rings. The average molecular weight is 293 g/mol. The van der Waals surface area contributed by atoms with Gasteiger partial charge in [-0.1, -0.05) is 24.3 Å². The van der Waals surface area contributed by atoms with Crippen LogP contribution in [0.15, 0.2) is 24.3 Å². The highest BCUT2D eigenvalue weighted by Gasteiger charge is 2.58. The molecule has 1 saturated heterocycles. The van der Waals surface area contributed by atoms with Crippen LogP contribution in [0.5, 0.6) is 0 Å². The highest BCUT2D eigenvalue weighted by Crippen LogP contribution is 2.43. The quantitative estimate of drug-likeness (QED) is 0.783. The van der Waals surface area contributed by atoms with Crippen LogP contribution in [0, 0.1) is 0 Å². The summed E-state index contributed by atoms with van der Waals surface area (Å²) in [5.41, 5.74) is -0.309. The van der Waals surface area contributed by atoms with Gasteiger partial charge in [-0.3, -0.25) is 4.90 Å². The SMILES string of the molecule is FC(F)(F)C(F)(F)c1ccc(CN2CC[N]CC2)cc1. The molecule has 0 atom stereocenters. The molecule has 1 aliphatic heterocycles. The lowest BCUT2D eigenvalue weighted by molar-refractivity contribution is -0.289. The van der Waals surface area contributed by atoms with Crippen LogP contribution in [0.1, 0.15) is 11.1 Å². The molecule has 0 N–H and O–H groups in total. The van der Waals surface area contributed by atoms with Crippen molar-refractivity contribution in [1.82, 2.24) is 10.2 Å². The van der Waals surface area contributed by atoms with Crippen molar-refractivity contribution >= 4 is 0 Å². The smallest absolute Gasteiger partial charge is 0.296 e. The molecule has 2 nitrogen and oxygen atoms in total. The van der Waals surface area contributed by atoms with Gasteiger partial charge in [0.15, 0.2) is 0 Å². The van der Waals surface area contributed by atoms with Crippen LogP contribution in [-0.4, -0.2) is 37.3 Å². The molecule has 1 radical (unpaired) electrons. The average Bonchev–Trinajstić information content (AvgIpc) is 2.39. The van der Waals surface area contributed by atoms with E-state index in [9.17, 15) is 22.0 Å². The van der Waals surface area contributed by atoms with Gasteiger partial charge in [-0.2, -0.15) is 22.0 Å². The van der Waals surface area contributed by atoms with Crippen molar-refractivity contribution in [2.45, 2.75) is 18.6 Å². The number of piperazine rings is 1. The van der Waals surface area contributed by atoms with E-state index >= 15 is 0 Å². The predicted molar refractivity (Wildman–Crippen MR) is 63.5 cm³/mol. The Morgan fingerprint density at radius 3 is 2.00 bits per heavy atom. The number of benzene rings is 1. The molecule has 0 bridgehead atoms. The summed E-state index contributed by atoms with van der Waals surface area (Å²) in [6.07, 6.45) is -5.57. The largest absolute Gasteiger partial charge is 0.458 e. The van der Waals surface area contributed by atoms with Crippen LogP contribution in [0.4, 0.5) is 22.0 Å². The standard InChI is InChI=1S/C13H14F5N2/c14-12(15,13(16,17)18)11-3-1-10(2-4-11)9-20-7-5-19-6-8-20/h1-4H,5-9H2. The highest BCUT2D eigenvalue weighted by atomic mass is 19.4. The van der Waals surface area contributed by atoms with E-state index in [-0.39, 0.29) is 0 Å². The maximum Gasteiger partial charge on any atom is 0.458 e. The molecule has 1 fully saturated rings. The molecule has 0 amide bonds. The van der Waals surface area contributed by atoms with Crippen molar-refractivity contribution in [3.8, 4) is 0 Å². The normalized spacial score (nSPS) is 18.2. The number of nitrogens with zero attached hydrogens (tertiary/aromatic N) is 2. The minimum atomic E-state index is -5.57. The van der Waals surface area contributed by atoms with Gasteiger partial charge in [0.1, 0.15) is 0 Å². The molecule has 2 rings (SSSR count). The Morgan fingerprint density at radius 2 is 1.50 bits per heavy atom. The third kappa shape index (κ3) is 3.27. The third-order valence-corrected chi connectivity index (χ3v) is 3.23. The number of hydrogen-bond acceptors (Lipinski definition) is 1. The molecule has 0 spiro atoms. The summed E-state index contributed by atoms with van der Waals surface area (Å²) in [7, 11) is 0. The van der Waals surface area contributed by atoms with E-state index in [4.69, 9.17) is 0 Å². The van der Waals surface area contributed by atoms with E-state index in [0.717, 1.165) is 38.3 Å². The Bertz CT molecular complexity index is 435. The summed E-state index contributed by atoms with van der Waals surface area (Å²) in [6.45, 7) is 3.54. The topological polar surface area (TPSA) is 17.3 Å². The maximum atomic E-state index is 13.1. The van der Waals surface area contributed by atoms with E-state index in [1.54, 1.807) is 0 Å². The summed E-state index contributed by atoms with van der Waals surface area (Å²) >= 11 is 0. The van der Waals surface area contributed by atoms with E-state index in [2.05, 4.69) is 10.2 Å². The lowest BCUT2D eigenvalue weighted by atomic mass is 10.1. The Balaban J connectivity index is 2.06. The molecule has 1 aromatic carbocycles. The third-order valence-electron chi connectivity index (χ3n) is 3.23. The molecule has 1 aliphatic rings. The van der Waals surface area contributed by atoms with Gasteiger partial charge < -0.3 is 0 Å². The lowest BCUT2D eigenvalue weighted by Crippen LogP contribution is -2.39. The second kappa shape index (κ2) is 5.65. The molecule has 7 heteroatoms. The van der Waals surface area contributed by atoms with Crippen LogP contribution in [0.2, 0.25) is 0 Å². The van der Waals surface area contributed by atoms with Crippen molar-refractivity contribution < 1.29 is 22.0 Å². The first-order chi connectivity index (χ1) is 9.30. The zero-order chi connectivity index (χ0) is 14.8. The Labute approximate surface area is 113 Å². The summed E-state index contributed by atoms with van der Waals surface area (Å²) in [5.74, 6) is -4.81. The number of alkyl halides is 5.